The van der Waals surface area contributed by atoms with Crippen molar-refractivity contribution in [2.45, 2.75) is 32.8 Å². The summed E-state index contributed by atoms with van der Waals surface area (Å²) in [7, 11) is 0. The number of amides is 1. The zero-order chi connectivity index (χ0) is 21.6. The third kappa shape index (κ3) is 6.04. The van der Waals surface area contributed by atoms with E-state index in [2.05, 4.69) is 47.2 Å². The highest BCUT2D eigenvalue weighted by atomic mass is 79.9. The van der Waals surface area contributed by atoms with Gasteiger partial charge in [-0.05, 0) is 52.9 Å². The van der Waals surface area contributed by atoms with E-state index < -0.39 is 0 Å². The summed E-state index contributed by atoms with van der Waals surface area (Å²) in [5.41, 5.74) is 6.23. The first-order valence-electron chi connectivity index (χ1n) is 9.73. The van der Waals surface area contributed by atoms with Crippen LogP contribution in [0.15, 0.2) is 82.4 Å². The number of carbonyl (C=O) groups excluding carboxylic acids is 1. The molecule has 0 aliphatic carbocycles. The van der Waals surface area contributed by atoms with Gasteiger partial charge in [0.05, 0.1) is 6.21 Å². The molecule has 0 saturated heterocycles. The second-order valence-corrected chi connectivity index (χ2v) is 8.90. The van der Waals surface area contributed by atoms with Crippen molar-refractivity contribution in [3.05, 3.63) is 99.5 Å². The van der Waals surface area contributed by atoms with Gasteiger partial charge in [0.15, 0.2) is 0 Å². The molecule has 30 heavy (non-hydrogen) atoms. The molecule has 5 heteroatoms. The van der Waals surface area contributed by atoms with E-state index in [-0.39, 0.29) is 11.3 Å². The van der Waals surface area contributed by atoms with Crippen LogP contribution < -0.4 is 10.2 Å². The van der Waals surface area contributed by atoms with Crippen molar-refractivity contribution >= 4 is 28.1 Å². The van der Waals surface area contributed by atoms with E-state index in [1.54, 1.807) is 6.21 Å². The molecule has 0 unspecified atom stereocenters. The summed E-state index contributed by atoms with van der Waals surface area (Å²) in [6.45, 7) is 6.87. The maximum atomic E-state index is 12.4. The van der Waals surface area contributed by atoms with Crippen LogP contribution in [0.4, 0.5) is 0 Å². The standard InChI is InChI=1S/C25H25BrN2O2/c1-25(2,3)21-13-11-19(12-14-21)24(29)28-27-16-20-8-4-5-10-23(20)30-17-18-7-6-9-22(26)15-18/h4-16H,17H2,1-3H3,(H,28,29)/b27-16-. The molecule has 0 radical (unpaired) electrons. The van der Waals surface area contributed by atoms with Crippen LogP contribution in [0.25, 0.3) is 0 Å². The molecule has 0 bridgehead atoms. The Morgan fingerprint density at radius 3 is 2.47 bits per heavy atom. The number of nitrogens with one attached hydrogen (secondary N) is 1. The van der Waals surface area contributed by atoms with E-state index in [0.29, 0.717) is 17.9 Å². The second kappa shape index (κ2) is 9.72. The van der Waals surface area contributed by atoms with Crippen LogP contribution in [-0.4, -0.2) is 12.1 Å². The molecule has 3 aromatic carbocycles. The van der Waals surface area contributed by atoms with Gasteiger partial charge in [-0.2, -0.15) is 5.10 Å². The molecule has 0 aromatic heterocycles. The molecule has 1 amide bonds. The molecule has 3 aromatic rings. The van der Waals surface area contributed by atoms with Gasteiger partial charge < -0.3 is 4.74 Å². The molecule has 4 nitrogen and oxygen atoms in total. The number of nitrogens with zero attached hydrogens (tertiary/aromatic N) is 1. The Bertz CT molecular complexity index is 1040. The number of halogens is 1. The third-order valence-corrected chi connectivity index (χ3v) is 5.08. The number of benzene rings is 3. The maximum absolute atomic E-state index is 12.4. The zero-order valence-corrected chi connectivity index (χ0v) is 18.9. The monoisotopic (exact) mass is 464 g/mol. The molecule has 0 aliphatic heterocycles. The SMILES string of the molecule is CC(C)(C)c1ccc(C(=O)N/N=C\c2ccccc2OCc2cccc(Br)c2)cc1. The normalized spacial score (nSPS) is 11.5. The van der Waals surface area contributed by atoms with Gasteiger partial charge >= 0.3 is 0 Å². The lowest BCUT2D eigenvalue weighted by Crippen LogP contribution is -2.18. The van der Waals surface area contributed by atoms with Crippen LogP contribution in [0, 0.1) is 0 Å². The molecule has 0 atom stereocenters. The minimum Gasteiger partial charge on any atom is -0.488 e. The fourth-order valence-electron chi connectivity index (χ4n) is 2.85. The van der Waals surface area contributed by atoms with Crippen molar-refractivity contribution < 1.29 is 9.53 Å². The van der Waals surface area contributed by atoms with Crippen molar-refractivity contribution in [3.8, 4) is 5.75 Å². The van der Waals surface area contributed by atoms with Crippen LogP contribution in [0.5, 0.6) is 5.75 Å². The summed E-state index contributed by atoms with van der Waals surface area (Å²) < 4.78 is 6.95. The molecule has 0 aliphatic rings. The molecule has 0 saturated carbocycles. The lowest BCUT2D eigenvalue weighted by Gasteiger charge is -2.18. The first kappa shape index (κ1) is 21.8. The number of hydrogen-bond donors (Lipinski definition) is 1. The topological polar surface area (TPSA) is 50.7 Å². The molecule has 1 N–H and O–H groups in total. The van der Waals surface area contributed by atoms with Gasteiger partial charge in [0.1, 0.15) is 12.4 Å². The van der Waals surface area contributed by atoms with Gasteiger partial charge in [-0.15, -0.1) is 0 Å². The smallest absolute Gasteiger partial charge is 0.271 e. The van der Waals surface area contributed by atoms with Crippen molar-refractivity contribution in [2.75, 3.05) is 0 Å². The van der Waals surface area contributed by atoms with E-state index in [9.17, 15) is 4.79 Å². The molecule has 0 spiro atoms. The Balaban J connectivity index is 1.63. The number of hydrogen-bond acceptors (Lipinski definition) is 3. The first-order valence-corrected chi connectivity index (χ1v) is 10.5. The van der Waals surface area contributed by atoms with Gasteiger partial charge in [0, 0.05) is 15.6 Å². The fraction of sp³-hybridized carbons (Fsp3) is 0.200. The lowest BCUT2D eigenvalue weighted by molar-refractivity contribution is 0.0955. The van der Waals surface area contributed by atoms with Gasteiger partial charge in [-0.3, -0.25) is 4.79 Å². The Labute approximate surface area is 186 Å². The van der Waals surface area contributed by atoms with Crippen LogP contribution >= 0.6 is 15.9 Å². The molecular weight excluding hydrogens is 440 g/mol. The number of para-hydroxylation sites is 1. The van der Waals surface area contributed by atoms with E-state index >= 15 is 0 Å². The summed E-state index contributed by atoms with van der Waals surface area (Å²) in [5, 5.41) is 4.11. The highest BCUT2D eigenvalue weighted by Gasteiger charge is 2.14. The maximum Gasteiger partial charge on any atom is 0.271 e. The highest BCUT2D eigenvalue weighted by molar-refractivity contribution is 9.10. The molecule has 3 rings (SSSR count). The van der Waals surface area contributed by atoms with E-state index in [0.717, 1.165) is 15.6 Å². The Morgan fingerprint density at radius 1 is 1.03 bits per heavy atom. The molecular formula is C25H25BrN2O2. The number of hydrazone groups is 1. The number of ether oxygens (including phenoxy) is 1. The van der Waals surface area contributed by atoms with Crippen LogP contribution in [0.1, 0.15) is 47.8 Å². The van der Waals surface area contributed by atoms with Crippen molar-refractivity contribution in [2.24, 2.45) is 5.10 Å². The van der Waals surface area contributed by atoms with E-state index in [1.165, 1.54) is 5.56 Å². The quantitative estimate of drug-likeness (QED) is 0.354. The Morgan fingerprint density at radius 2 is 1.77 bits per heavy atom. The van der Waals surface area contributed by atoms with Gasteiger partial charge in [0.25, 0.3) is 5.91 Å². The summed E-state index contributed by atoms with van der Waals surface area (Å²) >= 11 is 3.47. The molecule has 0 heterocycles. The third-order valence-electron chi connectivity index (χ3n) is 4.59. The minimum atomic E-state index is -0.251. The van der Waals surface area contributed by atoms with Gasteiger partial charge in [-0.25, -0.2) is 5.43 Å². The summed E-state index contributed by atoms with van der Waals surface area (Å²) in [4.78, 5) is 12.4. The number of carbonyl (C=O) groups is 1. The number of rotatable bonds is 6. The summed E-state index contributed by atoms with van der Waals surface area (Å²) in [5.74, 6) is 0.448. The van der Waals surface area contributed by atoms with Crippen LogP contribution in [0.2, 0.25) is 0 Å². The highest BCUT2D eigenvalue weighted by Crippen LogP contribution is 2.22. The van der Waals surface area contributed by atoms with Crippen LogP contribution in [-0.2, 0) is 12.0 Å². The van der Waals surface area contributed by atoms with Crippen LogP contribution in [0.3, 0.4) is 0 Å². The Kier molecular flexibility index (Phi) is 7.06. The Hall–Kier alpha value is -2.92. The predicted octanol–water partition coefficient (Wildman–Crippen LogP) is 6.09. The fourth-order valence-corrected chi connectivity index (χ4v) is 3.30. The minimum absolute atomic E-state index is 0.0483. The van der Waals surface area contributed by atoms with Crippen molar-refractivity contribution in [1.82, 2.24) is 5.43 Å². The summed E-state index contributed by atoms with van der Waals surface area (Å²) in [6.07, 6.45) is 1.59. The predicted molar refractivity (Wildman–Crippen MR) is 125 cm³/mol. The van der Waals surface area contributed by atoms with Gasteiger partial charge in [0.2, 0.25) is 0 Å². The average Bonchev–Trinajstić information content (AvgIpc) is 2.72. The summed E-state index contributed by atoms with van der Waals surface area (Å²) in [6, 6.07) is 23.1. The van der Waals surface area contributed by atoms with Crippen molar-refractivity contribution in [3.63, 3.8) is 0 Å². The lowest BCUT2D eigenvalue weighted by atomic mass is 9.87. The second-order valence-electron chi connectivity index (χ2n) is 7.98. The first-order chi connectivity index (χ1) is 14.3. The largest absolute Gasteiger partial charge is 0.488 e. The average molecular weight is 465 g/mol. The van der Waals surface area contributed by atoms with E-state index in [4.69, 9.17) is 4.74 Å². The van der Waals surface area contributed by atoms with E-state index in [1.807, 2.05) is 72.8 Å². The van der Waals surface area contributed by atoms with Crippen molar-refractivity contribution in [1.29, 1.82) is 0 Å². The zero-order valence-electron chi connectivity index (χ0n) is 17.4. The van der Waals surface area contributed by atoms with Gasteiger partial charge in [-0.1, -0.05) is 73.1 Å². The molecule has 154 valence electrons. The molecule has 0 fully saturated rings.